The van der Waals surface area contributed by atoms with Crippen LogP contribution in [0.2, 0.25) is 0 Å². The quantitative estimate of drug-likeness (QED) is 0.676. The molecule has 0 bridgehead atoms. The van der Waals surface area contributed by atoms with Crippen LogP contribution in [0.4, 0.5) is 11.4 Å². The van der Waals surface area contributed by atoms with Crippen molar-refractivity contribution in [2.75, 3.05) is 11.5 Å². The average Bonchev–Trinajstić information content (AvgIpc) is 2.48. The van der Waals surface area contributed by atoms with Gasteiger partial charge in [0, 0.05) is 16.9 Å². The number of nitrogen functional groups attached to an aromatic ring is 2. The van der Waals surface area contributed by atoms with Gasteiger partial charge in [-0.3, -0.25) is 0 Å². The third-order valence-corrected chi connectivity index (χ3v) is 3.63. The minimum atomic E-state index is 0.754. The van der Waals surface area contributed by atoms with Gasteiger partial charge in [-0.15, -0.1) is 0 Å². The molecule has 0 saturated carbocycles. The number of anilines is 2. The molecule has 0 heterocycles. The predicted molar refractivity (Wildman–Crippen MR) is 90.9 cm³/mol. The summed E-state index contributed by atoms with van der Waals surface area (Å²) in [6, 6.07) is 22.3. The zero-order valence-electron chi connectivity index (χ0n) is 12.0. The van der Waals surface area contributed by atoms with E-state index < -0.39 is 0 Å². The molecular formula is C19H18N2. The minimum Gasteiger partial charge on any atom is -0.399 e. The molecule has 0 saturated heterocycles. The number of benzene rings is 3. The van der Waals surface area contributed by atoms with Crippen molar-refractivity contribution in [1.29, 1.82) is 0 Å². The van der Waals surface area contributed by atoms with E-state index in [1.54, 1.807) is 0 Å². The molecule has 0 unspecified atom stereocenters. The van der Waals surface area contributed by atoms with Gasteiger partial charge in [0.2, 0.25) is 0 Å². The highest BCUT2D eigenvalue weighted by atomic mass is 14.6. The Morgan fingerprint density at radius 3 is 2.14 bits per heavy atom. The molecule has 0 atom stereocenters. The molecule has 0 amide bonds. The molecule has 0 aromatic heterocycles. The number of hydrogen-bond donors (Lipinski definition) is 2. The van der Waals surface area contributed by atoms with Gasteiger partial charge in [0.15, 0.2) is 0 Å². The summed E-state index contributed by atoms with van der Waals surface area (Å²) >= 11 is 0. The van der Waals surface area contributed by atoms with Crippen molar-refractivity contribution in [1.82, 2.24) is 0 Å². The number of aryl methyl sites for hydroxylation is 1. The third-order valence-electron chi connectivity index (χ3n) is 3.63. The molecule has 0 aliphatic heterocycles. The molecule has 4 N–H and O–H groups in total. The SMILES string of the molecule is Cc1ccc(-c2c(N)cccc2-c2cccc(N)c2)cc1. The summed E-state index contributed by atoms with van der Waals surface area (Å²) in [6.07, 6.45) is 0. The molecule has 2 heteroatoms. The van der Waals surface area contributed by atoms with E-state index in [2.05, 4.69) is 43.3 Å². The van der Waals surface area contributed by atoms with Gasteiger partial charge in [-0.2, -0.15) is 0 Å². The van der Waals surface area contributed by atoms with E-state index in [0.29, 0.717) is 0 Å². The summed E-state index contributed by atoms with van der Waals surface area (Å²) in [5.41, 5.74) is 19.3. The molecule has 3 aromatic rings. The Kier molecular flexibility index (Phi) is 3.36. The molecule has 0 radical (unpaired) electrons. The van der Waals surface area contributed by atoms with Gasteiger partial charge in [-0.25, -0.2) is 0 Å². The van der Waals surface area contributed by atoms with E-state index in [0.717, 1.165) is 33.6 Å². The van der Waals surface area contributed by atoms with Gasteiger partial charge in [0.1, 0.15) is 0 Å². The molecule has 0 spiro atoms. The normalized spacial score (nSPS) is 10.5. The lowest BCUT2D eigenvalue weighted by atomic mass is 9.92. The monoisotopic (exact) mass is 274 g/mol. The molecule has 21 heavy (non-hydrogen) atoms. The topological polar surface area (TPSA) is 52.0 Å². The van der Waals surface area contributed by atoms with Crippen molar-refractivity contribution in [3.8, 4) is 22.3 Å². The zero-order chi connectivity index (χ0) is 14.8. The number of hydrogen-bond acceptors (Lipinski definition) is 2. The second-order valence-corrected chi connectivity index (χ2v) is 5.26. The first kappa shape index (κ1) is 13.3. The maximum Gasteiger partial charge on any atom is 0.0400 e. The van der Waals surface area contributed by atoms with E-state index in [9.17, 15) is 0 Å². The van der Waals surface area contributed by atoms with Crippen LogP contribution >= 0.6 is 0 Å². The van der Waals surface area contributed by atoms with Gasteiger partial charge in [0.05, 0.1) is 0 Å². The van der Waals surface area contributed by atoms with Crippen molar-refractivity contribution >= 4 is 11.4 Å². The van der Waals surface area contributed by atoms with Crippen LogP contribution in [0, 0.1) is 6.92 Å². The molecule has 0 aliphatic carbocycles. The largest absolute Gasteiger partial charge is 0.399 e. The van der Waals surface area contributed by atoms with E-state index in [-0.39, 0.29) is 0 Å². The third kappa shape index (κ3) is 2.61. The van der Waals surface area contributed by atoms with Gasteiger partial charge in [-0.05, 0) is 41.8 Å². The van der Waals surface area contributed by atoms with Crippen LogP contribution in [-0.4, -0.2) is 0 Å². The fourth-order valence-electron chi connectivity index (χ4n) is 2.56. The Hall–Kier alpha value is -2.74. The van der Waals surface area contributed by atoms with Crippen LogP contribution in [-0.2, 0) is 0 Å². The van der Waals surface area contributed by atoms with Crippen LogP contribution < -0.4 is 11.5 Å². The molecule has 3 rings (SSSR count). The van der Waals surface area contributed by atoms with Crippen LogP contribution in [0.1, 0.15) is 5.56 Å². The fourth-order valence-corrected chi connectivity index (χ4v) is 2.56. The van der Waals surface area contributed by atoms with Crippen molar-refractivity contribution in [2.24, 2.45) is 0 Å². The van der Waals surface area contributed by atoms with Crippen molar-refractivity contribution in [3.05, 3.63) is 72.3 Å². The van der Waals surface area contributed by atoms with Crippen LogP contribution in [0.5, 0.6) is 0 Å². The summed E-state index contributed by atoms with van der Waals surface area (Å²) in [4.78, 5) is 0. The van der Waals surface area contributed by atoms with Crippen LogP contribution in [0.15, 0.2) is 66.7 Å². The Morgan fingerprint density at radius 1 is 0.714 bits per heavy atom. The van der Waals surface area contributed by atoms with Gasteiger partial charge < -0.3 is 11.5 Å². The smallest absolute Gasteiger partial charge is 0.0400 e. The van der Waals surface area contributed by atoms with Gasteiger partial charge in [-0.1, -0.05) is 54.1 Å². The fraction of sp³-hybridized carbons (Fsp3) is 0.0526. The summed E-state index contributed by atoms with van der Waals surface area (Å²) < 4.78 is 0. The Bertz CT molecular complexity index is 774. The zero-order valence-corrected chi connectivity index (χ0v) is 12.0. The average molecular weight is 274 g/mol. The molecule has 0 aliphatic rings. The number of nitrogens with two attached hydrogens (primary N) is 2. The summed E-state index contributed by atoms with van der Waals surface area (Å²) in [7, 11) is 0. The van der Waals surface area contributed by atoms with Crippen molar-refractivity contribution in [2.45, 2.75) is 6.92 Å². The maximum atomic E-state index is 6.24. The first-order chi connectivity index (χ1) is 10.1. The summed E-state index contributed by atoms with van der Waals surface area (Å²) in [5.74, 6) is 0. The maximum absolute atomic E-state index is 6.24. The second kappa shape index (κ2) is 5.33. The van der Waals surface area contributed by atoms with E-state index >= 15 is 0 Å². The Balaban J connectivity index is 2.23. The second-order valence-electron chi connectivity index (χ2n) is 5.26. The lowest BCUT2D eigenvalue weighted by Gasteiger charge is -2.13. The van der Waals surface area contributed by atoms with E-state index in [4.69, 9.17) is 11.5 Å². The molecule has 104 valence electrons. The van der Waals surface area contributed by atoms with Crippen molar-refractivity contribution in [3.63, 3.8) is 0 Å². The van der Waals surface area contributed by atoms with Crippen LogP contribution in [0.25, 0.3) is 22.3 Å². The first-order valence-electron chi connectivity index (χ1n) is 6.96. The van der Waals surface area contributed by atoms with Crippen molar-refractivity contribution < 1.29 is 0 Å². The standard InChI is InChI=1S/C19H18N2/c1-13-8-10-14(11-9-13)19-17(6-3-7-18(19)21)15-4-2-5-16(20)12-15/h2-12H,20-21H2,1H3. The number of rotatable bonds is 2. The molecule has 0 fully saturated rings. The highest BCUT2D eigenvalue weighted by Crippen LogP contribution is 2.37. The van der Waals surface area contributed by atoms with Gasteiger partial charge in [0.25, 0.3) is 0 Å². The highest BCUT2D eigenvalue weighted by Gasteiger charge is 2.10. The molecular weight excluding hydrogens is 256 g/mol. The predicted octanol–water partition coefficient (Wildman–Crippen LogP) is 4.49. The first-order valence-corrected chi connectivity index (χ1v) is 6.96. The molecule has 2 nitrogen and oxygen atoms in total. The Morgan fingerprint density at radius 2 is 1.43 bits per heavy atom. The Labute approximate surface area is 125 Å². The van der Waals surface area contributed by atoms with Gasteiger partial charge >= 0.3 is 0 Å². The summed E-state index contributed by atoms with van der Waals surface area (Å²) in [6.45, 7) is 2.08. The lowest BCUT2D eigenvalue weighted by Crippen LogP contribution is -1.94. The van der Waals surface area contributed by atoms with Crippen LogP contribution in [0.3, 0.4) is 0 Å². The van der Waals surface area contributed by atoms with E-state index in [1.165, 1.54) is 5.56 Å². The molecule has 3 aromatic carbocycles. The lowest BCUT2D eigenvalue weighted by molar-refractivity contribution is 1.47. The summed E-state index contributed by atoms with van der Waals surface area (Å²) in [5, 5.41) is 0. The highest BCUT2D eigenvalue weighted by molar-refractivity contribution is 5.91. The van der Waals surface area contributed by atoms with E-state index in [1.807, 2.05) is 30.3 Å². The minimum absolute atomic E-state index is 0.754.